The third-order valence-corrected chi connectivity index (χ3v) is 4.68. The Balaban J connectivity index is 1.73. The fourth-order valence-corrected chi connectivity index (χ4v) is 3.18. The number of nitrogens with zero attached hydrogens (tertiary/aromatic N) is 2. The lowest BCUT2D eigenvalue weighted by Gasteiger charge is -2.12. The van der Waals surface area contributed by atoms with E-state index in [4.69, 9.17) is 0 Å². The molecule has 0 aliphatic heterocycles. The molecule has 0 aliphatic rings. The van der Waals surface area contributed by atoms with Gasteiger partial charge in [0.2, 0.25) is 5.91 Å². The van der Waals surface area contributed by atoms with Crippen molar-refractivity contribution in [2.24, 2.45) is 7.05 Å². The van der Waals surface area contributed by atoms with Gasteiger partial charge < -0.3 is 10.1 Å². The second-order valence-corrected chi connectivity index (χ2v) is 6.43. The number of thioether (sulfide) groups is 1. The summed E-state index contributed by atoms with van der Waals surface area (Å²) in [5.41, 5.74) is 0.474. The molecule has 0 unspecified atom stereocenters. The van der Waals surface area contributed by atoms with E-state index in [0.717, 1.165) is 11.8 Å². The molecule has 0 atom stereocenters. The summed E-state index contributed by atoms with van der Waals surface area (Å²) in [4.78, 5) is 28.9. The van der Waals surface area contributed by atoms with E-state index in [1.54, 1.807) is 37.4 Å². The number of amides is 1. The second kappa shape index (κ2) is 8.17. The third-order valence-electron chi connectivity index (χ3n) is 3.65. The zero-order chi connectivity index (χ0) is 19.4. The van der Waals surface area contributed by atoms with E-state index in [0.29, 0.717) is 16.1 Å². The first kappa shape index (κ1) is 18.8. The molecule has 0 radical (unpaired) electrons. The number of carbonyl (C=O) groups excluding carboxylic acids is 1. The van der Waals surface area contributed by atoms with Gasteiger partial charge >= 0.3 is 6.61 Å². The molecule has 0 spiro atoms. The predicted molar refractivity (Wildman–Crippen MR) is 99.4 cm³/mol. The first-order valence-electron chi connectivity index (χ1n) is 7.88. The quantitative estimate of drug-likeness (QED) is 0.516. The number of para-hydroxylation sites is 3. The monoisotopic (exact) mass is 391 g/mol. The molecule has 0 aliphatic carbocycles. The van der Waals surface area contributed by atoms with Crippen LogP contribution < -0.4 is 15.6 Å². The molecule has 0 saturated carbocycles. The van der Waals surface area contributed by atoms with Crippen molar-refractivity contribution in [2.45, 2.75) is 11.8 Å². The number of hydrogen-bond acceptors (Lipinski definition) is 5. The van der Waals surface area contributed by atoms with Crippen LogP contribution in [0.2, 0.25) is 0 Å². The Morgan fingerprint density at radius 1 is 1.22 bits per heavy atom. The highest BCUT2D eigenvalue weighted by Crippen LogP contribution is 2.26. The van der Waals surface area contributed by atoms with E-state index in [2.05, 4.69) is 15.0 Å². The number of aromatic nitrogens is 2. The Hall–Kier alpha value is -2.94. The van der Waals surface area contributed by atoms with Crippen molar-refractivity contribution < 1.29 is 18.3 Å². The third kappa shape index (κ3) is 4.43. The van der Waals surface area contributed by atoms with Crippen LogP contribution in [-0.2, 0) is 11.8 Å². The van der Waals surface area contributed by atoms with Crippen LogP contribution in [0.5, 0.6) is 5.75 Å². The van der Waals surface area contributed by atoms with Gasteiger partial charge in [0.15, 0.2) is 5.16 Å². The van der Waals surface area contributed by atoms with Crippen LogP contribution >= 0.6 is 11.8 Å². The average Bonchev–Trinajstić information content (AvgIpc) is 2.65. The molecule has 6 nitrogen and oxygen atoms in total. The fourth-order valence-electron chi connectivity index (χ4n) is 2.41. The molecule has 0 fully saturated rings. The number of carbonyl (C=O) groups is 1. The van der Waals surface area contributed by atoms with E-state index in [9.17, 15) is 18.4 Å². The number of hydrogen-bond donors (Lipinski definition) is 1. The van der Waals surface area contributed by atoms with Crippen LogP contribution in [0.4, 0.5) is 14.5 Å². The van der Waals surface area contributed by atoms with Gasteiger partial charge in [-0.15, -0.1) is 0 Å². The molecular weight excluding hydrogens is 376 g/mol. The molecule has 2 aromatic carbocycles. The molecule has 140 valence electrons. The maximum Gasteiger partial charge on any atom is 0.387 e. The molecule has 9 heteroatoms. The highest BCUT2D eigenvalue weighted by molar-refractivity contribution is 7.99. The van der Waals surface area contributed by atoms with E-state index in [-0.39, 0.29) is 22.7 Å². The van der Waals surface area contributed by atoms with Crippen LogP contribution in [0.3, 0.4) is 0 Å². The normalized spacial score (nSPS) is 11.0. The Morgan fingerprint density at radius 2 is 1.93 bits per heavy atom. The lowest BCUT2D eigenvalue weighted by atomic mass is 10.2. The van der Waals surface area contributed by atoms with Crippen molar-refractivity contribution in [2.75, 3.05) is 11.1 Å². The molecule has 1 N–H and O–H groups in total. The summed E-state index contributed by atoms with van der Waals surface area (Å²) in [7, 11) is 1.58. The van der Waals surface area contributed by atoms with Crippen molar-refractivity contribution >= 4 is 34.3 Å². The van der Waals surface area contributed by atoms with Crippen molar-refractivity contribution in [3.63, 3.8) is 0 Å². The minimum atomic E-state index is -2.99. The zero-order valence-electron chi connectivity index (χ0n) is 14.2. The number of fused-ring (bicyclic) bond motifs is 1. The van der Waals surface area contributed by atoms with Crippen LogP contribution in [0, 0.1) is 0 Å². The lowest BCUT2D eigenvalue weighted by Crippen LogP contribution is -2.21. The van der Waals surface area contributed by atoms with Gasteiger partial charge in [-0.05, 0) is 24.3 Å². The minimum Gasteiger partial charge on any atom is -0.433 e. The van der Waals surface area contributed by atoms with Gasteiger partial charge in [-0.2, -0.15) is 8.78 Å². The predicted octanol–water partition coefficient (Wildman–Crippen LogP) is 3.27. The Bertz CT molecular complexity index is 1040. The maximum absolute atomic E-state index is 12.4. The fraction of sp³-hybridized carbons (Fsp3) is 0.167. The molecule has 3 aromatic rings. The number of ether oxygens (including phenoxy) is 1. The summed E-state index contributed by atoms with van der Waals surface area (Å²) >= 11 is 1.07. The maximum atomic E-state index is 12.4. The van der Waals surface area contributed by atoms with Gasteiger partial charge in [-0.1, -0.05) is 36.0 Å². The number of alkyl halides is 2. The number of rotatable bonds is 6. The highest BCUT2D eigenvalue weighted by Gasteiger charge is 2.14. The molecule has 1 heterocycles. The average molecular weight is 391 g/mol. The van der Waals surface area contributed by atoms with Gasteiger partial charge in [0.05, 0.1) is 22.3 Å². The van der Waals surface area contributed by atoms with Gasteiger partial charge in [-0.25, -0.2) is 4.98 Å². The molecule has 3 rings (SSSR count). The summed E-state index contributed by atoms with van der Waals surface area (Å²) in [6.45, 7) is -2.99. The van der Waals surface area contributed by atoms with Crippen molar-refractivity contribution in [1.29, 1.82) is 0 Å². The Kier molecular flexibility index (Phi) is 5.70. The van der Waals surface area contributed by atoms with Crippen LogP contribution in [-0.4, -0.2) is 27.8 Å². The van der Waals surface area contributed by atoms with Crippen LogP contribution in [0.25, 0.3) is 10.9 Å². The van der Waals surface area contributed by atoms with Gasteiger partial charge in [0, 0.05) is 7.05 Å². The molecule has 1 aromatic heterocycles. The van der Waals surface area contributed by atoms with Crippen molar-refractivity contribution in [1.82, 2.24) is 9.55 Å². The zero-order valence-corrected chi connectivity index (χ0v) is 15.0. The lowest BCUT2D eigenvalue weighted by molar-refractivity contribution is -0.113. The Labute approximate surface area is 157 Å². The van der Waals surface area contributed by atoms with E-state index in [1.165, 1.54) is 22.8 Å². The minimum absolute atomic E-state index is 0.0539. The summed E-state index contributed by atoms with van der Waals surface area (Å²) in [5, 5.41) is 3.40. The molecular formula is C18H15F2N3O3S. The first-order chi connectivity index (χ1) is 13.0. The van der Waals surface area contributed by atoms with E-state index in [1.807, 2.05) is 0 Å². The van der Waals surface area contributed by atoms with Gasteiger partial charge in [0.1, 0.15) is 5.75 Å². The first-order valence-corrected chi connectivity index (χ1v) is 8.86. The second-order valence-electron chi connectivity index (χ2n) is 5.49. The van der Waals surface area contributed by atoms with E-state index >= 15 is 0 Å². The van der Waals surface area contributed by atoms with Crippen molar-refractivity contribution in [3.8, 4) is 5.75 Å². The van der Waals surface area contributed by atoms with Crippen LogP contribution in [0.1, 0.15) is 0 Å². The summed E-state index contributed by atoms with van der Waals surface area (Å²) in [5.74, 6) is -0.614. The molecule has 0 bridgehead atoms. The van der Waals surface area contributed by atoms with E-state index < -0.39 is 12.5 Å². The van der Waals surface area contributed by atoms with Crippen molar-refractivity contribution in [3.05, 3.63) is 58.9 Å². The summed E-state index contributed by atoms with van der Waals surface area (Å²) < 4.78 is 30.6. The highest BCUT2D eigenvalue weighted by atomic mass is 32.2. The SMILES string of the molecule is Cn1c(SCC(=O)Nc2ccccc2OC(F)F)nc2ccccc2c1=O. The number of nitrogens with one attached hydrogen (secondary N) is 1. The largest absolute Gasteiger partial charge is 0.433 e. The molecule has 1 amide bonds. The van der Waals surface area contributed by atoms with Crippen LogP contribution in [0.15, 0.2) is 58.5 Å². The standard InChI is InChI=1S/C18H15F2N3O3S/c1-23-16(25)11-6-2-3-7-12(11)22-18(23)27-10-15(24)21-13-8-4-5-9-14(13)26-17(19)20/h2-9,17H,10H2,1H3,(H,21,24). The number of halogens is 2. The number of benzene rings is 2. The number of anilines is 1. The Morgan fingerprint density at radius 3 is 2.70 bits per heavy atom. The molecule has 0 saturated heterocycles. The smallest absolute Gasteiger partial charge is 0.387 e. The summed E-state index contributed by atoms with van der Waals surface area (Å²) in [6.07, 6.45) is 0. The topological polar surface area (TPSA) is 73.2 Å². The van der Waals surface area contributed by atoms with Gasteiger partial charge in [0.25, 0.3) is 5.56 Å². The van der Waals surface area contributed by atoms with Gasteiger partial charge in [-0.3, -0.25) is 14.2 Å². The summed E-state index contributed by atoms with van der Waals surface area (Å²) in [6, 6.07) is 12.9. The molecule has 27 heavy (non-hydrogen) atoms.